The van der Waals surface area contributed by atoms with E-state index in [-0.39, 0.29) is 11.4 Å². The highest BCUT2D eigenvalue weighted by atomic mass is 32.2. The summed E-state index contributed by atoms with van der Waals surface area (Å²) in [6.07, 6.45) is 0. The number of aryl methyl sites for hydroxylation is 3. The topological polar surface area (TPSA) is 114 Å². The van der Waals surface area contributed by atoms with Gasteiger partial charge in [0.2, 0.25) is 16.0 Å². The smallest absolute Gasteiger partial charge is 0.244 e. The second-order valence-electron chi connectivity index (χ2n) is 5.89. The fourth-order valence-corrected chi connectivity index (χ4v) is 4.17. The van der Waals surface area contributed by atoms with E-state index >= 15 is 0 Å². The lowest BCUT2D eigenvalue weighted by Gasteiger charge is -2.10. The molecule has 0 saturated carbocycles. The third-order valence-electron chi connectivity index (χ3n) is 3.80. The number of nitrogens with one attached hydrogen (secondary N) is 3. The van der Waals surface area contributed by atoms with Gasteiger partial charge < -0.3 is 10.6 Å². The maximum absolute atomic E-state index is 12.6. The summed E-state index contributed by atoms with van der Waals surface area (Å²) in [4.78, 5) is 8.88. The normalized spacial score (nSPS) is 11.6. The summed E-state index contributed by atoms with van der Waals surface area (Å²) < 4.78 is 29.4. The number of hydrogen-bond donors (Lipinski definition) is 3. The highest BCUT2D eigenvalue weighted by molar-refractivity contribution is 7.89. The van der Waals surface area contributed by atoms with Crippen LogP contribution < -0.4 is 15.4 Å². The third kappa shape index (κ3) is 4.70. The second-order valence-corrected chi connectivity index (χ2v) is 7.59. The van der Waals surface area contributed by atoms with Gasteiger partial charge >= 0.3 is 0 Å². The molecule has 144 valence electrons. The first-order chi connectivity index (χ1) is 12.3. The number of sulfonamides is 1. The van der Waals surface area contributed by atoms with Crippen LogP contribution in [0.4, 0.5) is 11.8 Å². The van der Waals surface area contributed by atoms with Crippen molar-refractivity contribution >= 4 is 21.8 Å². The molecule has 0 fully saturated rings. The summed E-state index contributed by atoms with van der Waals surface area (Å²) >= 11 is 0. The monoisotopic (exact) mass is 381 g/mol. The molecule has 2 aromatic rings. The van der Waals surface area contributed by atoms with Crippen molar-refractivity contribution in [2.45, 2.75) is 46.1 Å². The summed E-state index contributed by atoms with van der Waals surface area (Å²) in [6, 6.07) is 1.86. The van der Waals surface area contributed by atoms with Crippen LogP contribution in [0.3, 0.4) is 0 Å². The average Bonchev–Trinajstić information content (AvgIpc) is 2.86. The molecule has 2 heterocycles. The van der Waals surface area contributed by atoms with Gasteiger partial charge in [-0.2, -0.15) is 10.1 Å². The van der Waals surface area contributed by atoms with Crippen molar-refractivity contribution in [1.29, 1.82) is 0 Å². The van der Waals surface area contributed by atoms with Crippen LogP contribution in [-0.2, 0) is 16.6 Å². The minimum absolute atomic E-state index is 0.215. The molecule has 0 unspecified atom stereocenters. The van der Waals surface area contributed by atoms with Crippen molar-refractivity contribution in [3.05, 3.63) is 23.1 Å². The summed E-state index contributed by atoms with van der Waals surface area (Å²) in [7, 11) is -3.62. The van der Waals surface area contributed by atoms with E-state index in [1.165, 1.54) is 0 Å². The molecule has 3 N–H and O–H groups in total. The van der Waals surface area contributed by atoms with Crippen LogP contribution in [0.1, 0.15) is 30.9 Å². The number of anilines is 2. The summed E-state index contributed by atoms with van der Waals surface area (Å²) in [5.41, 5.74) is 1.97. The molecule has 0 aromatic carbocycles. The molecular formula is C16H27N7O2S. The molecule has 9 nitrogen and oxygen atoms in total. The second kappa shape index (κ2) is 8.45. The molecule has 0 spiro atoms. The average molecular weight is 382 g/mol. The Bertz CT molecular complexity index is 862. The van der Waals surface area contributed by atoms with E-state index < -0.39 is 10.0 Å². The predicted molar refractivity (Wildman–Crippen MR) is 102 cm³/mol. The van der Waals surface area contributed by atoms with Gasteiger partial charge in [0.15, 0.2) is 0 Å². The molecule has 0 bridgehead atoms. The molecule has 26 heavy (non-hydrogen) atoms. The Morgan fingerprint density at radius 3 is 2.42 bits per heavy atom. The van der Waals surface area contributed by atoms with Crippen LogP contribution in [0.15, 0.2) is 11.0 Å². The van der Waals surface area contributed by atoms with Crippen molar-refractivity contribution in [1.82, 2.24) is 24.5 Å². The molecule has 10 heteroatoms. The third-order valence-corrected chi connectivity index (χ3v) is 5.51. The SMILES string of the molecule is CCNc1cc(C)nc(NCCNS(=O)(=O)c2c(C)nn(CC)c2C)n1. The van der Waals surface area contributed by atoms with Crippen LogP contribution in [-0.4, -0.2) is 47.8 Å². The summed E-state index contributed by atoms with van der Waals surface area (Å²) in [5, 5.41) is 10.4. The molecule has 0 aliphatic rings. The molecule has 0 aliphatic heterocycles. The molecule has 2 rings (SSSR count). The van der Waals surface area contributed by atoms with Gasteiger partial charge in [0.05, 0.1) is 11.4 Å². The van der Waals surface area contributed by atoms with E-state index in [9.17, 15) is 8.42 Å². The first-order valence-electron chi connectivity index (χ1n) is 8.65. The molecule has 0 aliphatic carbocycles. The van der Waals surface area contributed by atoms with Gasteiger partial charge in [0.25, 0.3) is 0 Å². The van der Waals surface area contributed by atoms with Crippen LogP contribution in [0.5, 0.6) is 0 Å². The Balaban J connectivity index is 1.98. The van der Waals surface area contributed by atoms with Gasteiger partial charge in [-0.3, -0.25) is 4.68 Å². The lowest BCUT2D eigenvalue weighted by Crippen LogP contribution is -2.30. The fourth-order valence-electron chi connectivity index (χ4n) is 2.73. The van der Waals surface area contributed by atoms with E-state index in [0.29, 0.717) is 30.4 Å². The lowest BCUT2D eigenvalue weighted by molar-refractivity contribution is 0.580. The zero-order valence-electron chi connectivity index (χ0n) is 15.9. The molecule has 0 radical (unpaired) electrons. The molecule has 0 amide bonds. The van der Waals surface area contributed by atoms with E-state index in [1.807, 2.05) is 26.8 Å². The zero-order valence-corrected chi connectivity index (χ0v) is 16.7. The van der Waals surface area contributed by atoms with E-state index in [1.54, 1.807) is 18.5 Å². The fraction of sp³-hybridized carbons (Fsp3) is 0.562. The van der Waals surface area contributed by atoms with Gasteiger partial charge in [0, 0.05) is 37.9 Å². The van der Waals surface area contributed by atoms with Crippen molar-refractivity contribution in [2.24, 2.45) is 0 Å². The minimum Gasteiger partial charge on any atom is -0.370 e. The number of nitrogens with zero attached hydrogens (tertiary/aromatic N) is 4. The molecular weight excluding hydrogens is 354 g/mol. The van der Waals surface area contributed by atoms with Crippen molar-refractivity contribution in [3.8, 4) is 0 Å². The van der Waals surface area contributed by atoms with E-state index in [0.717, 1.165) is 18.1 Å². The first-order valence-corrected chi connectivity index (χ1v) is 10.1. The van der Waals surface area contributed by atoms with E-state index in [4.69, 9.17) is 0 Å². The number of hydrogen-bond acceptors (Lipinski definition) is 7. The quantitative estimate of drug-likeness (QED) is 0.563. The van der Waals surface area contributed by atoms with Gasteiger partial charge in [-0.1, -0.05) is 0 Å². The van der Waals surface area contributed by atoms with Gasteiger partial charge in [-0.25, -0.2) is 18.1 Å². The van der Waals surface area contributed by atoms with Gasteiger partial charge in [-0.05, 0) is 34.6 Å². The lowest BCUT2D eigenvalue weighted by atomic mass is 10.4. The Morgan fingerprint density at radius 1 is 1.08 bits per heavy atom. The minimum atomic E-state index is -3.62. The van der Waals surface area contributed by atoms with E-state index in [2.05, 4.69) is 30.4 Å². The Morgan fingerprint density at radius 2 is 1.81 bits per heavy atom. The summed E-state index contributed by atoms with van der Waals surface area (Å²) in [5.74, 6) is 1.20. The number of aromatic nitrogens is 4. The van der Waals surface area contributed by atoms with Crippen LogP contribution in [0, 0.1) is 20.8 Å². The van der Waals surface area contributed by atoms with Gasteiger partial charge in [-0.15, -0.1) is 0 Å². The Labute approximate surface area is 154 Å². The highest BCUT2D eigenvalue weighted by Crippen LogP contribution is 2.18. The molecule has 2 aromatic heterocycles. The van der Waals surface area contributed by atoms with Crippen molar-refractivity contribution in [3.63, 3.8) is 0 Å². The predicted octanol–water partition coefficient (Wildman–Crippen LogP) is 1.44. The standard InChI is InChI=1S/C16H27N7O2S/c1-6-17-14-10-11(3)20-16(21-14)18-8-9-19-26(24,25)15-12(4)22-23(7-2)13(15)5/h10,19H,6-9H2,1-5H3,(H2,17,18,20,21). The van der Waals surface area contributed by atoms with Crippen LogP contribution in [0.25, 0.3) is 0 Å². The van der Waals surface area contributed by atoms with Crippen molar-refractivity contribution in [2.75, 3.05) is 30.3 Å². The first kappa shape index (κ1) is 20.1. The number of rotatable bonds is 9. The van der Waals surface area contributed by atoms with Crippen molar-refractivity contribution < 1.29 is 8.42 Å². The Kier molecular flexibility index (Phi) is 6.54. The zero-order chi connectivity index (χ0) is 19.3. The molecule has 0 saturated heterocycles. The van der Waals surface area contributed by atoms with Crippen LogP contribution >= 0.6 is 0 Å². The Hall–Kier alpha value is -2.20. The largest absolute Gasteiger partial charge is 0.370 e. The summed E-state index contributed by atoms with van der Waals surface area (Å²) in [6.45, 7) is 11.2. The molecule has 0 atom stereocenters. The van der Waals surface area contributed by atoms with Gasteiger partial charge in [0.1, 0.15) is 10.7 Å². The maximum atomic E-state index is 12.6. The maximum Gasteiger partial charge on any atom is 0.244 e. The van der Waals surface area contributed by atoms with Crippen LogP contribution in [0.2, 0.25) is 0 Å². The highest BCUT2D eigenvalue weighted by Gasteiger charge is 2.23.